The first-order valence-electron chi connectivity index (χ1n) is 5.89. The second kappa shape index (κ2) is 4.14. The highest BCUT2D eigenvalue weighted by Crippen LogP contribution is 2.20. The van der Waals surface area contributed by atoms with Crippen LogP contribution in [0.15, 0.2) is 6.07 Å². The Balaban J connectivity index is 2.01. The van der Waals surface area contributed by atoms with Crippen molar-refractivity contribution in [1.29, 1.82) is 0 Å². The van der Waals surface area contributed by atoms with E-state index in [1.807, 2.05) is 19.9 Å². The van der Waals surface area contributed by atoms with Gasteiger partial charge in [0, 0.05) is 18.8 Å². The Morgan fingerprint density at radius 2 is 2.29 bits per heavy atom. The summed E-state index contributed by atoms with van der Waals surface area (Å²) in [5, 5.41) is 14.1. The number of aryl methyl sites for hydroxylation is 2. The number of hydrogen-bond acceptors (Lipinski definition) is 3. The lowest BCUT2D eigenvalue weighted by Crippen LogP contribution is -2.36. The number of β-amino-alcohol motifs (C(OH)–C–C–N with tert-alkyl or cyclic N) is 1. The normalized spacial score (nSPS) is 24.4. The Kier molecular flexibility index (Phi) is 2.95. The second-order valence-electron chi connectivity index (χ2n) is 5.15. The summed E-state index contributed by atoms with van der Waals surface area (Å²) in [4.78, 5) is 13.7. The quantitative estimate of drug-likeness (QED) is 0.814. The molecular weight excluding hydrogens is 218 g/mol. The first kappa shape index (κ1) is 12.1. The molecule has 94 valence electrons. The van der Waals surface area contributed by atoms with E-state index in [1.165, 1.54) is 0 Å². The smallest absolute Gasteiger partial charge is 0.244 e. The van der Waals surface area contributed by atoms with Crippen LogP contribution in [0.3, 0.4) is 0 Å². The van der Waals surface area contributed by atoms with Crippen molar-refractivity contribution in [1.82, 2.24) is 14.7 Å². The first-order chi connectivity index (χ1) is 7.87. The van der Waals surface area contributed by atoms with Gasteiger partial charge in [-0.05, 0) is 33.3 Å². The number of amides is 1. The molecular formula is C12H19N3O2. The van der Waals surface area contributed by atoms with Gasteiger partial charge in [-0.3, -0.25) is 9.48 Å². The summed E-state index contributed by atoms with van der Waals surface area (Å²) in [5.74, 6) is 0.0222. The molecule has 0 aromatic carbocycles. The number of hydrogen-bond donors (Lipinski definition) is 1. The Labute approximate surface area is 101 Å². The third-order valence-electron chi connectivity index (χ3n) is 3.19. The van der Waals surface area contributed by atoms with Crippen LogP contribution in [0.4, 0.5) is 0 Å². The van der Waals surface area contributed by atoms with Gasteiger partial charge < -0.3 is 10.0 Å². The van der Waals surface area contributed by atoms with Gasteiger partial charge in [0.15, 0.2) is 0 Å². The van der Waals surface area contributed by atoms with Crippen molar-refractivity contribution < 1.29 is 9.90 Å². The maximum absolute atomic E-state index is 12.0. The van der Waals surface area contributed by atoms with Crippen molar-refractivity contribution >= 4 is 5.91 Å². The topological polar surface area (TPSA) is 58.4 Å². The monoisotopic (exact) mass is 237 g/mol. The van der Waals surface area contributed by atoms with E-state index in [-0.39, 0.29) is 12.5 Å². The summed E-state index contributed by atoms with van der Waals surface area (Å²) in [7, 11) is 0. The molecule has 2 heterocycles. The van der Waals surface area contributed by atoms with Crippen LogP contribution in [0.1, 0.15) is 24.7 Å². The highest BCUT2D eigenvalue weighted by molar-refractivity contribution is 5.76. The Morgan fingerprint density at radius 1 is 1.59 bits per heavy atom. The summed E-state index contributed by atoms with van der Waals surface area (Å²) in [6, 6.07) is 1.95. The van der Waals surface area contributed by atoms with Crippen LogP contribution < -0.4 is 0 Å². The largest absolute Gasteiger partial charge is 0.388 e. The van der Waals surface area contributed by atoms with Crippen molar-refractivity contribution in [3.63, 3.8) is 0 Å². The number of aliphatic hydroxyl groups is 1. The zero-order chi connectivity index (χ0) is 12.6. The molecule has 1 N–H and O–H groups in total. The highest BCUT2D eigenvalue weighted by Gasteiger charge is 2.33. The predicted molar refractivity (Wildman–Crippen MR) is 63.5 cm³/mol. The summed E-state index contributed by atoms with van der Waals surface area (Å²) >= 11 is 0. The molecule has 17 heavy (non-hydrogen) atoms. The van der Waals surface area contributed by atoms with E-state index >= 15 is 0 Å². The SMILES string of the molecule is Cc1cc(C)n(CC(=O)N2CCC(C)(O)C2)n1. The van der Waals surface area contributed by atoms with E-state index in [9.17, 15) is 9.90 Å². The van der Waals surface area contributed by atoms with E-state index in [0.717, 1.165) is 11.4 Å². The molecule has 0 spiro atoms. The van der Waals surface area contributed by atoms with Gasteiger partial charge in [-0.2, -0.15) is 5.10 Å². The molecule has 1 aromatic rings. The van der Waals surface area contributed by atoms with Crippen LogP contribution >= 0.6 is 0 Å². The fraction of sp³-hybridized carbons (Fsp3) is 0.667. The maximum atomic E-state index is 12.0. The molecule has 2 rings (SSSR count). The molecule has 1 atom stereocenters. The van der Waals surface area contributed by atoms with E-state index in [1.54, 1.807) is 16.5 Å². The average Bonchev–Trinajstić information content (AvgIpc) is 2.70. The third kappa shape index (κ3) is 2.66. The van der Waals surface area contributed by atoms with E-state index in [2.05, 4.69) is 5.10 Å². The van der Waals surface area contributed by atoms with Gasteiger partial charge in [-0.15, -0.1) is 0 Å². The van der Waals surface area contributed by atoms with Crippen LogP contribution in [0.5, 0.6) is 0 Å². The molecule has 0 radical (unpaired) electrons. The minimum atomic E-state index is -0.731. The van der Waals surface area contributed by atoms with Crippen molar-refractivity contribution in [2.24, 2.45) is 0 Å². The minimum Gasteiger partial charge on any atom is -0.388 e. The molecule has 5 nitrogen and oxygen atoms in total. The predicted octanol–water partition coefficient (Wildman–Crippen LogP) is 0.483. The number of carbonyl (C=O) groups excluding carboxylic acids is 1. The van der Waals surface area contributed by atoms with Gasteiger partial charge >= 0.3 is 0 Å². The summed E-state index contributed by atoms with van der Waals surface area (Å²) in [6.07, 6.45) is 0.649. The fourth-order valence-corrected chi connectivity index (χ4v) is 2.22. The van der Waals surface area contributed by atoms with Crippen molar-refractivity contribution in [2.45, 2.75) is 39.3 Å². The van der Waals surface area contributed by atoms with Gasteiger partial charge in [0.2, 0.25) is 5.91 Å². The average molecular weight is 237 g/mol. The van der Waals surface area contributed by atoms with Crippen molar-refractivity contribution in [3.8, 4) is 0 Å². The summed E-state index contributed by atoms with van der Waals surface area (Å²) in [5.41, 5.74) is 1.18. The Bertz CT molecular complexity index is 437. The van der Waals surface area contributed by atoms with Crippen molar-refractivity contribution in [3.05, 3.63) is 17.5 Å². The zero-order valence-electron chi connectivity index (χ0n) is 10.6. The molecule has 1 saturated heterocycles. The molecule has 1 fully saturated rings. The van der Waals surface area contributed by atoms with Crippen LogP contribution in [0.2, 0.25) is 0 Å². The standard InChI is InChI=1S/C12H19N3O2/c1-9-6-10(2)15(13-9)7-11(16)14-5-4-12(3,17)8-14/h6,17H,4-5,7-8H2,1-3H3. The van der Waals surface area contributed by atoms with E-state index in [0.29, 0.717) is 19.5 Å². The number of likely N-dealkylation sites (tertiary alicyclic amines) is 1. The van der Waals surface area contributed by atoms with E-state index in [4.69, 9.17) is 0 Å². The lowest BCUT2D eigenvalue weighted by atomic mass is 10.1. The van der Waals surface area contributed by atoms with Crippen LogP contribution in [-0.2, 0) is 11.3 Å². The van der Waals surface area contributed by atoms with Gasteiger partial charge in [-0.1, -0.05) is 0 Å². The molecule has 1 unspecified atom stereocenters. The molecule has 1 aromatic heterocycles. The van der Waals surface area contributed by atoms with Crippen LogP contribution in [0, 0.1) is 13.8 Å². The molecule has 0 saturated carbocycles. The van der Waals surface area contributed by atoms with E-state index < -0.39 is 5.60 Å². The number of nitrogens with zero attached hydrogens (tertiary/aromatic N) is 3. The van der Waals surface area contributed by atoms with Crippen LogP contribution in [0.25, 0.3) is 0 Å². The Hall–Kier alpha value is -1.36. The maximum Gasteiger partial charge on any atom is 0.244 e. The molecule has 1 aliphatic heterocycles. The lowest BCUT2D eigenvalue weighted by molar-refractivity contribution is -0.131. The fourth-order valence-electron chi connectivity index (χ4n) is 2.22. The molecule has 1 amide bonds. The molecule has 0 bridgehead atoms. The lowest BCUT2D eigenvalue weighted by Gasteiger charge is -2.19. The molecule has 5 heteroatoms. The molecule has 0 aliphatic carbocycles. The van der Waals surface area contributed by atoms with Gasteiger partial charge in [0.05, 0.1) is 11.3 Å². The first-order valence-corrected chi connectivity index (χ1v) is 5.89. The van der Waals surface area contributed by atoms with Gasteiger partial charge in [-0.25, -0.2) is 0 Å². The van der Waals surface area contributed by atoms with Gasteiger partial charge in [0.1, 0.15) is 6.54 Å². The zero-order valence-corrected chi connectivity index (χ0v) is 10.6. The third-order valence-corrected chi connectivity index (χ3v) is 3.19. The van der Waals surface area contributed by atoms with Crippen molar-refractivity contribution in [2.75, 3.05) is 13.1 Å². The number of carbonyl (C=O) groups is 1. The highest BCUT2D eigenvalue weighted by atomic mass is 16.3. The number of rotatable bonds is 2. The van der Waals surface area contributed by atoms with Crippen LogP contribution in [-0.4, -0.2) is 44.4 Å². The number of aromatic nitrogens is 2. The molecule has 1 aliphatic rings. The summed E-state index contributed by atoms with van der Waals surface area (Å²) < 4.78 is 1.71. The van der Waals surface area contributed by atoms with Gasteiger partial charge in [0.25, 0.3) is 0 Å². The second-order valence-corrected chi connectivity index (χ2v) is 5.15. The minimum absolute atomic E-state index is 0.0222. The Morgan fingerprint density at radius 3 is 2.76 bits per heavy atom. The summed E-state index contributed by atoms with van der Waals surface area (Å²) in [6.45, 7) is 6.93.